The number of benzene rings is 12. The van der Waals surface area contributed by atoms with E-state index in [0.29, 0.717) is 73.7 Å². The molecule has 0 radical (unpaired) electrons. The fraction of sp³-hybridized carbons (Fsp3) is 0.125. The van der Waals surface area contributed by atoms with Gasteiger partial charge in [0.05, 0.1) is 0 Å². The van der Waals surface area contributed by atoms with E-state index in [0.717, 1.165) is 66.8 Å². The summed E-state index contributed by atoms with van der Waals surface area (Å²) in [5, 5.41) is 0. The van der Waals surface area contributed by atoms with Gasteiger partial charge in [-0.1, -0.05) is 0 Å². The van der Waals surface area contributed by atoms with Crippen molar-refractivity contribution in [2.24, 2.45) is 0 Å². The molecule has 0 bridgehead atoms. The maximum atomic E-state index is 17.1. The summed E-state index contributed by atoms with van der Waals surface area (Å²) < 4.78 is 29.2. The number of carbonyl (C=O) groups excluding carboxylic acids is 4. The van der Waals surface area contributed by atoms with Crippen molar-refractivity contribution >= 4 is 43.9 Å². The first kappa shape index (κ1) is 73.0. The molecule has 12 rings (SSSR count). The number of rotatable bonds is 32. The summed E-state index contributed by atoms with van der Waals surface area (Å²) >= 11 is -7.54. The van der Waals surface area contributed by atoms with Crippen molar-refractivity contribution in [3.05, 3.63) is 475 Å². The molecule has 0 saturated heterocycles. The third kappa shape index (κ3) is 22.1. The maximum absolute atomic E-state index is 17.1. The summed E-state index contributed by atoms with van der Waals surface area (Å²) in [6, 6.07) is 118. The predicted molar refractivity (Wildman–Crippen MR) is 420 cm³/mol. The van der Waals surface area contributed by atoms with Crippen molar-refractivity contribution in [1.29, 1.82) is 0 Å². The standard InChI is InChI=1S/4C24H22O2.Sn/c4*25-24(26)23(18-21-14-8-3-9-15-21)22(16-19-10-4-1-5-11-19)17-20-12-6-2-7-13-20;/h4*1-15H,16-18H2,(H,25,26);/q;;;;+4/p-4. The van der Waals surface area contributed by atoms with E-state index >= 15 is 19.2 Å². The van der Waals surface area contributed by atoms with Gasteiger partial charge in [-0.2, -0.15) is 0 Å². The van der Waals surface area contributed by atoms with Crippen molar-refractivity contribution in [2.45, 2.75) is 77.0 Å². The third-order valence-corrected chi connectivity index (χ3v) is 23.5. The summed E-state index contributed by atoms with van der Waals surface area (Å²) in [5.74, 6) is -3.90. The molecule has 12 aromatic rings. The van der Waals surface area contributed by atoms with Gasteiger partial charge in [0.1, 0.15) is 0 Å². The third-order valence-electron chi connectivity index (χ3n) is 18.5. The monoisotopic (exact) mass is 1480 g/mol. The van der Waals surface area contributed by atoms with E-state index in [2.05, 4.69) is 0 Å². The van der Waals surface area contributed by atoms with Gasteiger partial charge in [-0.05, 0) is 0 Å². The van der Waals surface area contributed by atoms with Gasteiger partial charge in [-0.3, -0.25) is 0 Å². The van der Waals surface area contributed by atoms with Crippen LogP contribution in [0.3, 0.4) is 0 Å². The van der Waals surface area contributed by atoms with E-state index in [9.17, 15) is 0 Å². The van der Waals surface area contributed by atoms with E-state index < -0.39 is 43.9 Å². The Morgan fingerprint density at radius 1 is 0.162 bits per heavy atom. The fourth-order valence-corrected chi connectivity index (χ4v) is 17.9. The number of hydrogen-bond donors (Lipinski definition) is 0. The predicted octanol–water partition coefficient (Wildman–Crippen LogP) is 19.7. The first-order valence-electron chi connectivity index (χ1n) is 35.9. The molecule has 12 aromatic carbocycles. The molecular formula is C96H84O8Sn. The molecule has 520 valence electrons. The van der Waals surface area contributed by atoms with E-state index in [1.807, 2.05) is 364 Å². The first-order valence-corrected chi connectivity index (χ1v) is 40.5. The Bertz CT molecular complexity index is 4080. The summed E-state index contributed by atoms with van der Waals surface area (Å²) in [7, 11) is 0. The average molecular weight is 1480 g/mol. The van der Waals surface area contributed by atoms with E-state index in [4.69, 9.17) is 12.3 Å². The summed E-state index contributed by atoms with van der Waals surface area (Å²) in [6.07, 6.45) is 2.44. The number of allylic oxidation sites excluding steroid dienone is 4. The van der Waals surface area contributed by atoms with Crippen LogP contribution in [0.5, 0.6) is 0 Å². The summed E-state index contributed by atoms with van der Waals surface area (Å²) in [4.78, 5) is 68.5. The minimum absolute atomic E-state index is 0.0266. The molecule has 0 aliphatic rings. The van der Waals surface area contributed by atoms with Gasteiger partial charge >= 0.3 is 628 Å². The molecule has 0 heterocycles. The van der Waals surface area contributed by atoms with Gasteiger partial charge in [0.15, 0.2) is 0 Å². The van der Waals surface area contributed by atoms with Crippen LogP contribution >= 0.6 is 0 Å². The Morgan fingerprint density at radius 2 is 0.267 bits per heavy atom. The molecule has 0 aromatic heterocycles. The molecule has 0 aliphatic heterocycles. The van der Waals surface area contributed by atoms with E-state index in [-0.39, 0.29) is 48.0 Å². The van der Waals surface area contributed by atoms with Gasteiger partial charge < -0.3 is 0 Å². The molecular weight excluding hydrogens is 1400 g/mol. The fourth-order valence-electron chi connectivity index (χ4n) is 13.2. The van der Waals surface area contributed by atoms with Crippen molar-refractivity contribution in [3.63, 3.8) is 0 Å². The molecule has 0 spiro atoms. The number of hydrogen-bond acceptors (Lipinski definition) is 8. The van der Waals surface area contributed by atoms with Crippen molar-refractivity contribution in [2.75, 3.05) is 0 Å². The SMILES string of the molecule is O=C([O][Sn]([O]C(=O)C(Cc1ccccc1)=C(Cc1ccccc1)Cc1ccccc1)([O]C(=O)C(Cc1ccccc1)=C(Cc1ccccc1)Cc1ccccc1)[O]C(=O)C(Cc1ccccc1)=C(Cc1ccccc1)Cc1ccccc1)C(Cc1ccccc1)=C(Cc1ccccc1)Cc1ccccc1. The molecule has 105 heavy (non-hydrogen) atoms. The van der Waals surface area contributed by atoms with Crippen molar-refractivity contribution in [1.82, 2.24) is 0 Å². The molecule has 8 nitrogen and oxygen atoms in total. The molecule has 0 amide bonds. The van der Waals surface area contributed by atoms with Gasteiger partial charge in [0.2, 0.25) is 0 Å². The molecule has 0 fully saturated rings. The second kappa shape index (κ2) is 38.0. The van der Waals surface area contributed by atoms with Crippen LogP contribution in [0.25, 0.3) is 0 Å². The first-order chi connectivity index (χ1) is 51.6. The van der Waals surface area contributed by atoms with Crippen LogP contribution in [-0.4, -0.2) is 43.9 Å². The Hall–Kier alpha value is -11.7. The van der Waals surface area contributed by atoms with Crippen LogP contribution in [0.4, 0.5) is 0 Å². The van der Waals surface area contributed by atoms with Crippen molar-refractivity contribution in [3.8, 4) is 0 Å². The minimum atomic E-state index is -7.54. The molecule has 0 saturated carbocycles. The quantitative estimate of drug-likeness (QED) is 0.0303. The van der Waals surface area contributed by atoms with Gasteiger partial charge in [-0.25, -0.2) is 0 Å². The van der Waals surface area contributed by atoms with Crippen LogP contribution in [-0.2, 0) is 109 Å². The Morgan fingerprint density at radius 3 is 0.381 bits per heavy atom. The number of carbonyl (C=O) groups is 4. The second-order valence-electron chi connectivity index (χ2n) is 26.3. The average Bonchev–Trinajstić information content (AvgIpc) is 0.783. The van der Waals surface area contributed by atoms with Crippen LogP contribution < -0.4 is 0 Å². The van der Waals surface area contributed by atoms with Crippen LogP contribution in [0.2, 0.25) is 0 Å². The Balaban J connectivity index is 1.15. The molecule has 0 N–H and O–H groups in total. The zero-order chi connectivity index (χ0) is 72.1. The zero-order valence-corrected chi connectivity index (χ0v) is 61.7. The molecule has 0 unspecified atom stereocenters. The summed E-state index contributed by atoms with van der Waals surface area (Å²) in [6.45, 7) is 0. The van der Waals surface area contributed by atoms with Gasteiger partial charge in [0.25, 0.3) is 0 Å². The van der Waals surface area contributed by atoms with Gasteiger partial charge in [-0.15, -0.1) is 0 Å². The Kier molecular flexibility index (Phi) is 26.4. The topological polar surface area (TPSA) is 105 Å². The Labute approximate surface area is 623 Å². The van der Waals surface area contributed by atoms with Crippen LogP contribution in [0, 0.1) is 0 Å². The zero-order valence-electron chi connectivity index (χ0n) is 58.9. The van der Waals surface area contributed by atoms with Crippen molar-refractivity contribution < 1.29 is 31.5 Å². The van der Waals surface area contributed by atoms with E-state index in [1.54, 1.807) is 0 Å². The van der Waals surface area contributed by atoms with Gasteiger partial charge in [0, 0.05) is 0 Å². The molecule has 0 atom stereocenters. The molecule has 9 heteroatoms. The second-order valence-corrected chi connectivity index (χ2v) is 31.5. The van der Waals surface area contributed by atoms with Crippen LogP contribution in [0.1, 0.15) is 66.8 Å². The van der Waals surface area contributed by atoms with Crippen LogP contribution in [0.15, 0.2) is 409 Å². The normalized spacial score (nSPS) is 10.9. The molecule has 0 aliphatic carbocycles. The van der Waals surface area contributed by atoms with E-state index in [1.165, 1.54) is 0 Å². The summed E-state index contributed by atoms with van der Waals surface area (Å²) in [5.41, 5.74) is 14.0.